The zero-order valence-electron chi connectivity index (χ0n) is 17.3. The number of carbonyl (C=O) groups is 3. The van der Waals surface area contributed by atoms with Gasteiger partial charge in [-0.25, -0.2) is 4.79 Å². The van der Waals surface area contributed by atoms with Crippen LogP contribution in [0.1, 0.15) is 90.4 Å². The van der Waals surface area contributed by atoms with E-state index < -0.39 is 11.9 Å². The Morgan fingerprint density at radius 3 is 1.89 bits per heavy atom. The molecule has 0 N–H and O–H groups in total. The Bertz CT molecular complexity index is 481. The van der Waals surface area contributed by atoms with E-state index in [1.165, 1.54) is 57.8 Å². The molecule has 6 heteroatoms. The molecular weight excluding hydrogens is 360 g/mol. The van der Waals surface area contributed by atoms with Gasteiger partial charge in [0, 0.05) is 5.57 Å². The lowest BCUT2D eigenvalue weighted by Crippen LogP contribution is -2.11. The van der Waals surface area contributed by atoms with Crippen molar-refractivity contribution in [2.75, 3.05) is 13.2 Å². The molecule has 1 atom stereocenters. The van der Waals surface area contributed by atoms with Gasteiger partial charge in [0.1, 0.15) is 12.7 Å². The molecular formula is C22H36O6. The molecule has 0 aliphatic carbocycles. The van der Waals surface area contributed by atoms with Crippen molar-refractivity contribution in [2.45, 2.75) is 96.5 Å². The minimum atomic E-state index is -0.398. The van der Waals surface area contributed by atoms with E-state index in [9.17, 15) is 14.4 Å². The van der Waals surface area contributed by atoms with Crippen molar-refractivity contribution < 1.29 is 28.6 Å². The van der Waals surface area contributed by atoms with Crippen LogP contribution in [0.2, 0.25) is 0 Å². The first kappa shape index (κ1) is 24.3. The summed E-state index contributed by atoms with van der Waals surface area (Å²) in [5.74, 6) is -1.04. The van der Waals surface area contributed by atoms with Crippen molar-refractivity contribution in [3.05, 3.63) is 12.2 Å². The first-order valence-corrected chi connectivity index (χ1v) is 10.7. The number of rotatable bonds is 14. The van der Waals surface area contributed by atoms with E-state index >= 15 is 0 Å². The zero-order valence-corrected chi connectivity index (χ0v) is 17.3. The number of epoxide rings is 1. The third-order valence-electron chi connectivity index (χ3n) is 4.68. The standard InChI is InChI=1S/C18H32O3.C4H4O3/c1-3-4-5-6-7-8-9-10-11-12-13-16(2)18(19)21-15-17-14-20-17;5-3-1-2-4(6)7-3/h17H,2-15H2,1H3;1-2H2. The minimum absolute atomic E-state index is 0.138. The van der Waals surface area contributed by atoms with Gasteiger partial charge in [0.05, 0.1) is 19.4 Å². The third kappa shape index (κ3) is 13.5. The average molecular weight is 397 g/mol. The van der Waals surface area contributed by atoms with Gasteiger partial charge in [-0.3, -0.25) is 9.59 Å². The summed E-state index contributed by atoms with van der Waals surface area (Å²) in [4.78, 5) is 31.6. The van der Waals surface area contributed by atoms with Gasteiger partial charge in [-0.2, -0.15) is 0 Å². The summed E-state index contributed by atoms with van der Waals surface area (Å²) in [6.07, 6.45) is 14.5. The second-order valence-electron chi connectivity index (χ2n) is 7.44. The lowest BCUT2D eigenvalue weighted by molar-refractivity contribution is -0.152. The molecule has 1 unspecified atom stereocenters. The summed E-state index contributed by atoms with van der Waals surface area (Å²) in [5, 5.41) is 0. The second kappa shape index (κ2) is 15.3. The van der Waals surface area contributed by atoms with Crippen LogP contribution in [0.4, 0.5) is 0 Å². The first-order valence-electron chi connectivity index (χ1n) is 10.7. The maximum atomic E-state index is 11.6. The predicted molar refractivity (Wildman–Crippen MR) is 107 cm³/mol. The van der Waals surface area contributed by atoms with E-state index in [-0.39, 0.29) is 24.9 Å². The quantitative estimate of drug-likeness (QED) is 0.140. The van der Waals surface area contributed by atoms with Crippen LogP contribution in [-0.4, -0.2) is 37.2 Å². The van der Waals surface area contributed by atoms with Gasteiger partial charge in [0.15, 0.2) is 0 Å². The van der Waals surface area contributed by atoms with Crippen LogP contribution < -0.4 is 0 Å². The van der Waals surface area contributed by atoms with E-state index in [0.717, 1.165) is 19.4 Å². The molecule has 2 saturated heterocycles. The fraction of sp³-hybridized carbons (Fsp3) is 0.773. The lowest BCUT2D eigenvalue weighted by Gasteiger charge is -2.06. The molecule has 6 nitrogen and oxygen atoms in total. The molecule has 28 heavy (non-hydrogen) atoms. The minimum Gasteiger partial charge on any atom is -0.459 e. The fourth-order valence-electron chi connectivity index (χ4n) is 2.80. The van der Waals surface area contributed by atoms with Gasteiger partial charge in [-0.1, -0.05) is 71.3 Å². The van der Waals surface area contributed by atoms with Gasteiger partial charge in [-0.15, -0.1) is 0 Å². The molecule has 160 valence electrons. The van der Waals surface area contributed by atoms with Crippen molar-refractivity contribution in [3.63, 3.8) is 0 Å². The van der Waals surface area contributed by atoms with Crippen molar-refractivity contribution in [3.8, 4) is 0 Å². The van der Waals surface area contributed by atoms with Crippen molar-refractivity contribution in [1.29, 1.82) is 0 Å². The summed E-state index contributed by atoms with van der Waals surface area (Å²) in [6, 6.07) is 0. The van der Waals surface area contributed by atoms with E-state index in [0.29, 0.717) is 12.2 Å². The SMILES string of the molecule is C=C(CCCCCCCCCCCC)C(=O)OCC1CO1.O=C1CCC(=O)O1. The van der Waals surface area contributed by atoms with Crippen LogP contribution >= 0.6 is 0 Å². The van der Waals surface area contributed by atoms with Crippen LogP contribution in [0, 0.1) is 0 Å². The molecule has 2 rings (SSSR count). The molecule has 2 fully saturated rings. The molecule has 0 amide bonds. The smallest absolute Gasteiger partial charge is 0.333 e. The molecule has 0 aromatic heterocycles. The largest absolute Gasteiger partial charge is 0.459 e. The molecule has 0 radical (unpaired) electrons. The number of ether oxygens (including phenoxy) is 3. The number of unbranched alkanes of at least 4 members (excludes halogenated alkanes) is 9. The van der Waals surface area contributed by atoms with Crippen molar-refractivity contribution >= 4 is 17.9 Å². The normalized spacial score (nSPS) is 17.5. The molecule has 0 saturated carbocycles. The topological polar surface area (TPSA) is 82.2 Å². The van der Waals surface area contributed by atoms with Crippen molar-refractivity contribution in [2.24, 2.45) is 0 Å². The summed E-state index contributed by atoms with van der Waals surface area (Å²) >= 11 is 0. The number of hydrogen-bond donors (Lipinski definition) is 0. The Morgan fingerprint density at radius 1 is 0.964 bits per heavy atom. The maximum absolute atomic E-state index is 11.6. The number of carbonyl (C=O) groups excluding carboxylic acids is 3. The summed E-state index contributed by atoms with van der Waals surface area (Å²) < 4.78 is 14.2. The lowest BCUT2D eigenvalue weighted by atomic mass is 10.0. The summed E-state index contributed by atoms with van der Waals surface area (Å²) in [5.41, 5.74) is 0.607. The molecule has 0 aromatic carbocycles. The molecule has 0 bridgehead atoms. The van der Waals surface area contributed by atoms with E-state index in [2.05, 4.69) is 18.2 Å². The maximum Gasteiger partial charge on any atom is 0.333 e. The van der Waals surface area contributed by atoms with E-state index in [1.807, 2.05) is 0 Å². The first-order chi connectivity index (χ1) is 13.5. The Hall–Kier alpha value is -1.69. The number of cyclic esters (lactones) is 2. The fourth-order valence-corrected chi connectivity index (χ4v) is 2.80. The second-order valence-corrected chi connectivity index (χ2v) is 7.44. The molecule has 0 spiro atoms. The number of hydrogen-bond acceptors (Lipinski definition) is 6. The zero-order chi connectivity index (χ0) is 20.6. The van der Waals surface area contributed by atoms with Gasteiger partial charge in [0.25, 0.3) is 0 Å². The Labute approximate surface area is 169 Å². The van der Waals surface area contributed by atoms with Gasteiger partial charge >= 0.3 is 17.9 Å². The number of esters is 3. The van der Waals surface area contributed by atoms with Crippen molar-refractivity contribution in [1.82, 2.24) is 0 Å². The van der Waals surface area contributed by atoms with Crippen LogP contribution in [0.5, 0.6) is 0 Å². The van der Waals surface area contributed by atoms with Gasteiger partial charge in [0.2, 0.25) is 0 Å². The molecule has 2 aliphatic rings. The Morgan fingerprint density at radius 2 is 1.46 bits per heavy atom. The Kier molecular flexibility index (Phi) is 13.3. The van der Waals surface area contributed by atoms with E-state index in [1.54, 1.807) is 0 Å². The van der Waals surface area contributed by atoms with Crippen LogP contribution in [0.3, 0.4) is 0 Å². The Balaban J connectivity index is 0.000000467. The summed E-state index contributed by atoms with van der Waals surface area (Å²) in [6.45, 7) is 7.17. The highest BCUT2D eigenvalue weighted by Gasteiger charge is 2.24. The van der Waals surface area contributed by atoms with Crippen LogP contribution in [0.25, 0.3) is 0 Å². The highest BCUT2D eigenvalue weighted by Crippen LogP contribution is 2.15. The monoisotopic (exact) mass is 396 g/mol. The average Bonchev–Trinajstić information content (AvgIpc) is 3.43. The van der Waals surface area contributed by atoms with Gasteiger partial charge in [-0.05, 0) is 12.8 Å². The summed E-state index contributed by atoms with van der Waals surface area (Å²) in [7, 11) is 0. The van der Waals surface area contributed by atoms with Crippen LogP contribution in [0.15, 0.2) is 12.2 Å². The molecule has 2 heterocycles. The van der Waals surface area contributed by atoms with Gasteiger partial charge < -0.3 is 14.2 Å². The third-order valence-corrected chi connectivity index (χ3v) is 4.68. The van der Waals surface area contributed by atoms with Crippen LogP contribution in [-0.2, 0) is 28.6 Å². The predicted octanol–water partition coefficient (Wildman–Crippen LogP) is 4.65. The molecule has 0 aromatic rings. The van der Waals surface area contributed by atoms with E-state index in [4.69, 9.17) is 9.47 Å². The molecule has 2 aliphatic heterocycles. The highest BCUT2D eigenvalue weighted by molar-refractivity contribution is 5.92. The highest BCUT2D eigenvalue weighted by atomic mass is 16.6.